The highest BCUT2D eigenvalue weighted by Crippen LogP contribution is 2.15. The fourth-order valence-electron chi connectivity index (χ4n) is 1.10. The number of rotatable bonds is 3. The monoisotopic (exact) mass is 168 g/mol. The zero-order valence-corrected chi connectivity index (χ0v) is 7.26. The summed E-state index contributed by atoms with van der Waals surface area (Å²) in [7, 11) is 0. The highest BCUT2D eigenvalue weighted by Gasteiger charge is 2.11. The number of hydrogen-bond donors (Lipinski definition) is 1. The van der Waals surface area contributed by atoms with Crippen LogP contribution in [0.1, 0.15) is 35.2 Å². The van der Waals surface area contributed by atoms with Gasteiger partial charge < -0.3 is 9.52 Å². The average Bonchev–Trinajstić information content (AvgIpc) is 2.34. The molecule has 0 atom stereocenters. The van der Waals surface area contributed by atoms with Crippen LogP contribution in [0.25, 0.3) is 0 Å². The number of furan rings is 1. The molecule has 1 rings (SSSR count). The molecule has 1 heterocycles. The van der Waals surface area contributed by atoms with Gasteiger partial charge in [0.25, 0.3) is 0 Å². The van der Waals surface area contributed by atoms with E-state index >= 15 is 0 Å². The Morgan fingerprint density at radius 1 is 1.67 bits per heavy atom. The first kappa shape index (κ1) is 8.84. The molecule has 0 unspecified atom stereocenters. The summed E-state index contributed by atoms with van der Waals surface area (Å²) in [5.41, 5.74) is 0.925. The molecule has 0 aliphatic rings. The minimum Gasteiger partial charge on any atom is -0.475 e. The lowest BCUT2D eigenvalue weighted by molar-refractivity contribution is 0.0660. The Kier molecular flexibility index (Phi) is 2.53. The zero-order valence-electron chi connectivity index (χ0n) is 7.26. The number of carboxylic acids is 1. The molecule has 3 heteroatoms. The average molecular weight is 168 g/mol. The van der Waals surface area contributed by atoms with Crippen molar-refractivity contribution in [3.8, 4) is 0 Å². The quantitative estimate of drug-likeness (QED) is 0.752. The van der Waals surface area contributed by atoms with Crippen molar-refractivity contribution in [1.82, 2.24) is 0 Å². The van der Waals surface area contributed by atoms with Gasteiger partial charge in [0.1, 0.15) is 5.76 Å². The van der Waals surface area contributed by atoms with E-state index in [0.29, 0.717) is 0 Å². The molecule has 0 spiro atoms. The minimum absolute atomic E-state index is 0.0379. The molecule has 0 saturated carbocycles. The van der Waals surface area contributed by atoms with Crippen LogP contribution in [0.5, 0.6) is 0 Å². The second-order valence-electron chi connectivity index (χ2n) is 2.77. The molecule has 12 heavy (non-hydrogen) atoms. The lowest BCUT2D eigenvalue weighted by atomic mass is 10.2. The Hall–Kier alpha value is -1.25. The van der Waals surface area contributed by atoms with Crippen molar-refractivity contribution in [2.75, 3.05) is 0 Å². The van der Waals surface area contributed by atoms with Crippen LogP contribution < -0.4 is 0 Å². The summed E-state index contributed by atoms with van der Waals surface area (Å²) in [6, 6.07) is 1.56. The summed E-state index contributed by atoms with van der Waals surface area (Å²) in [5.74, 6) is -0.175. The SMILES string of the molecule is CCCc1oc(C(=O)O)cc1C. The maximum atomic E-state index is 10.5. The van der Waals surface area contributed by atoms with Crippen molar-refractivity contribution in [3.63, 3.8) is 0 Å². The van der Waals surface area contributed by atoms with Crippen LogP contribution in [0.3, 0.4) is 0 Å². The number of carbonyl (C=O) groups is 1. The van der Waals surface area contributed by atoms with Crippen LogP contribution in [-0.2, 0) is 6.42 Å². The third kappa shape index (κ3) is 1.67. The normalized spacial score (nSPS) is 10.2. The van der Waals surface area contributed by atoms with Crippen molar-refractivity contribution < 1.29 is 14.3 Å². The lowest BCUT2D eigenvalue weighted by Crippen LogP contribution is -1.91. The molecular formula is C9H12O3. The molecule has 0 radical (unpaired) electrons. The smallest absolute Gasteiger partial charge is 0.371 e. The van der Waals surface area contributed by atoms with E-state index in [1.165, 1.54) is 0 Å². The Bertz CT molecular complexity index is 286. The molecule has 0 saturated heterocycles. The van der Waals surface area contributed by atoms with Crippen molar-refractivity contribution in [2.45, 2.75) is 26.7 Å². The maximum absolute atomic E-state index is 10.5. The Balaban J connectivity index is 2.92. The molecule has 66 valence electrons. The standard InChI is InChI=1S/C9H12O3/c1-3-4-7-6(2)5-8(12-7)9(10)11/h5H,3-4H2,1-2H3,(H,10,11). The van der Waals surface area contributed by atoms with E-state index in [1.807, 2.05) is 13.8 Å². The van der Waals surface area contributed by atoms with Gasteiger partial charge in [-0.2, -0.15) is 0 Å². The Labute approximate surface area is 71.0 Å². The first-order valence-corrected chi connectivity index (χ1v) is 3.97. The van der Waals surface area contributed by atoms with Crippen LogP contribution in [-0.4, -0.2) is 11.1 Å². The summed E-state index contributed by atoms with van der Waals surface area (Å²) in [6.07, 6.45) is 1.77. The van der Waals surface area contributed by atoms with Crippen molar-refractivity contribution in [1.29, 1.82) is 0 Å². The van der Waals surface area contributed by atoms with Gasteiger partial charge >= 0.3 is 5.97 Å². The molecule has 0 aliphatic carbocycles. The number of carboxylic acid groups (broad SMARTS) is 1. The number of hydrogen-bond acceptors (Lipinski definition) is 2. The topological polar surface area (TPSA) is 50.4 Å². The zero-order chi connectivity index (χ0) is 9.14. The molecule has 0 aliphatic heterocycles. The minimum atomic E-state index is -1.000. The highest BCUT2D eigenvalue weighted by molar-refractivity contribution is 5.84. The molecule has 0 bridgehead atoms. The molecular weight excluding hydrogens is 156 g/mol. The van der Waals surface area contributed by atoms with Gasteiger partial charge in [0.15, 0.2) is 0 Å². The van der Waals surface area contributed by atoms with E-state index in [4.69, 9.17) is 9.52 Å². The van der Waals surface area contributed by atoms with Gasteiger partial charge in [-0.25, -0.2) is 4.79 Å². The number of aromatic carboxylic acids is 1. The Morgan fingerprint density at radius 2 is 2.33 bits per heavy atom. The van der Waals surface area contributed by atoms with Crippen LogP contribution in [0.15, 0.2) is 10.5 Å². The van der Waals surface area contributed by atoms with Crippen molar-refractivity contribution in [3.05, 3.63) is 23.2 Å². The van der Waals surface area contributed by atoms with Gasteiger partial charge in [0.05, 0.1) is 0 Å². The Morgan fingerprint density at radius 3 is 2.75 bits per heavy atom. The van der Waals surface area contributed by atoms with Crippen LogP contribution in [0.2, 0.25) is 0 Å². The lowest BCUT2D eigenvalue weighted by Gasteiger charge is -1.92. The maximum Gasteiger partial charge on any atom is 0.371 e. The molecule has 0 aromatic carbocycles. The van der Waals surface area contributed by atoms with E-state index in [-0.39, 0.29) is 5.76 Å². The second-order valence-corrected chi connectivity index (χ2v) is 2.77. The highest BCUT2D eigenvalue weighted by atomic mass is 16.4. The molecule has 0 amide bonds. The van der Waals surface area contributed by atoms with Crippen molar-refractivity contribution >= 4 is 5.97 Å². The van der Waals surface area contributed by atoms with Gasteiger partial charge in [-0.05, 0) is 25.0 Å². The van der Waals surface area contributed by atoms with E-state index in [2.05, 4.69) is 0 Å². The van der Waals surface area contributed by atoms with Gasteiger partial charge in [0, 0.05) is 6.42 Å². The summed E-state index contributed by atoms with van der Waals surface area (Å²) in [4.78, 5) is 10.5. The van der Waals surface area contributed by atoms with E-state index in [1.54, 1.807) is 6.07 Å². The molecule has 1 aromatic rings. The summed E-state index contributed by atoms with van der Waals surface area (Å²) >= 11 is 0. The predicted molar refractivity (Wildman–Crippen MR) is 44.4 cm³/mol. The largest absolute Gasteiger partial charge is 0.475 e. The third-order valence-corrected chi connectivity index (χ3v) is 1.71. The van der Waals surface area contributed by atoms with Crippen LogP contribution in [0.4, 0.5) is 0 Å². The predicted octanol–water partition coefficient (Wildman–Crippen LogP) is 2.24. The van der Waals surface area contributed by atoms with Crippen LogP contribution >= 0.6 is 0 Å². The molecule has 3 nitrogen and oxygen atoms in total. The van der Waals surface area contributed by atoms with Gasteiger partial charge in [0.2, 0.25) is 5.76 Å². The fourth-order valence-corrected chi connectivity index (χ4v) is 1.10. The fraction of sp³-hybridized carbons (Fsp3) is 0.444. The van der Waals surface area contributed by atoms with Gasteiger partial charge in [-0.15, -0.1) is 0 Å². The summed E-state index contributed by atoms with van der Waals surface area (Å²) in [6.45, 7) is 3.89. The molecule has 1 aromatic heterocycles. The first-order valence-electron chi connectivity index (χ1n) is 3.97. The third-order valence-electron chi connectivity index (χ3n) is 1.71. The van der Waals surface area contributed by atoms with Crippen molar-refractivity contribution in [2.24, 2.45) is 0 Å². The summed E-state index contributed by atoms with van der Waals surface area (Å²) in [5, 5.41) is 8.60. The summed E-state index contributed by atoms with van der Waals surface area (Å²) < 4.78 is 5.12. The first-order chi connectivity index (χ1) is 5.65. The van der Waals surface area contributed by atoms with E-state index in [0.717, 1.165) is 24.2 Å². The van der Waals surface area contributed by atoms with Gasteiger partial charge in [-0.3, -0.25) is 0 Å². The van der Waals surface area contributed by atoms with E-state index < -0.39 is 5.97 Å². The second kappa shape index (κ2) is 3.43. The molecule has 0 fully saturated rings. The molecule has 1 N–H and O–H groups in total. The van der Waals surface area contributed by atoms with Gasteiger partial charge in [-0.1, -0.05) is 6.92 Å². The van der Waals surface area contributed by atoms with Crippen LogP contribution in [0, 0.1) is 6.92 Å². The van der Waals surface area contributed by atoms with E-state index in [9.17, 15) is 4.79 Å². The number of aryl methyl sites for hydroxylation is 2.